The summed E-state index contributed by atoms with van der Waals surface area (Å²) in [6.45, 7) is 0. The van der Waals surface area contributed by atoms with E-state index in [4.69, 9.17) is 9.47 Å². The van der Waals surface area contributed by atoms with Crippen molar-refractivity contribution in [2.45, 2.75) is 0 Å². The highest BCUT2D eigenvalue weighted by Crippen LogP contribution is 2.35. The Bertz CT molecular complexity index is 1050. The van der Waals surface area contributed by atoms with Gasteiger partial charge >= 0.3 is 5.97 Å². The van der Waals surface area contributed by atoms with Crippen LogP contribution in [-0.2, 0) is 0 Å². The first kappa shape index (κ1) is 17.2. The maximum Gasteiger partial charge on any atom is 0.343 e. The number of esters is 1. The van der Waals surface area contributed by atoms with E-state index >= 15 is 0 Å². The number of ketones is 1. The third-order valence-electron chi connectivity index (χ3n) is 4.03. The van der Waals surface area contributed by atoms with Gasteiger partial charge in [0.25, 0.3) is 0 Å². The fourth-order valence-corrected chi connectivity index (χ4v) is 2.95. The number of carbonyl (C=O) groups is 2. The van der Waals surface area contributed by atoms with Crippen LogP contribution in [0.5, 0.6) is 11.5 Å². The first-order valence-electron chi connectivity index (χ1n) is 8.21. The van der Waals surface area contributed by atoms with Gasteiger partial charge in [-0.05, 0) is 48.0 Å². The highest BCUT2D eigenvalue weighted by molar-refractivity contribution is 9.10. The van der Waals surface area contributed by atoms with Crippen molar-refractivity contribution in [3.05, 3.63) is 99.7 Å². The first-order chi connectivity index (χ1) is 13.1. The summed E-state index contributed by atoms with van der Waals surface area (Å²) in [5.74, 6) is 0.262. The molecule has 0 unspecified atom stereocenters. The molecule has 0 amide bonds. The van der Waals surface area contributed by atoms with Crippen LogP contribution in [0.15, 0.2) is 83.0 Å². The Balaban J connectivity index is 1.55. The molecule has 4 nitrogen and oxygen atoms in total. The molecular weight excluding hydrogens is 408 g/mol. The summed E-state index contributed by atoms with van der Waals surface area (Å²) in [5.41, 5.74) is 1.75. The predicted molar refractivity (Wildman–Crippen MR) is 105 cm³/mol. The molecule has 0 atom stereocenters. The zero-order chi connectivity index (χ0) is 18.8. The molecule has 3 aromatic carbocycles. The van der Waals surface area contributed by atoms with Gasteiger partial charge in [0.2, 0.25) is 5.78 Å². The molecule has 0 saturated carbocycles. The van der Waals surface area contributed by atoms with Crippen molar-refractivity contribution < 1.29 is 19.1 Å². The minimum absolute atomic E-state index is 0.195. The average Bonchev–Trinajstić information content (AvgIpc) is 2.98. The number of benzene rings is 3. The molecular formula is C22H13BrO4. The summed E-state index contributed by atoms with van der Waals surface area (Å²) in [5, 5.41) is 0. The molecule has 27 heavy (non-hydrogen) atoms. The van der Waals surface area contributed by atoms with E-state index in [0.717, 1.165) is 10.0 Å². The summed E-state index contributed by atoms with van der Waals surface area (Å²) < 4.78 is 11.9. The number of carbonyl (C=O) groups excluding carboxylic acids is 2. The molecule has 0 saturated heterocycles. The minimum Gasteiger partial charge on any atom is -0.452 e. The summed E-state index contributed by atoms with van der Waals surface area (Å²) >= 11 is 3.32. The Labute approximate surface area is 164 Å². The lowest BCUT2D eigenvalue weighted by Crippen LogP contribution is -2.08. The van der Waals surface area contributed by atoms with E-state index < -0.39 is 5.97 Å². The van der Waals surface area contributed by atoms with Gasteiger partial charge < -0.3 is 9.47 Å². The molecule has 0 radical (unpaired) electrons. The first-order valence-corrected chi connectivity index (χ1v) is 9.00. The van der Waals surface area contributed by atoms with Crippen molar-refractivity contribution in [3.8, 4) is 11.5 Å². The van der Waals surface area contributed by atoms with E-state index in [9.17, 15) is 9.59 Å². The lowest BCUT2D eigenvalue weighted by molar-refractivity contribution is 0.0734. The molecule has 1 heterocycles. The molecule has 0 fully saturated rings. The zero-order valence-electron chi connectivity index (χ0n) is 14.0. The molecule has 0 aromatic heterocycles. The highest BCUT2D eigenvalue weighted by atomic mass is 79.9. The molecule has 4 rings (SSSR count). The lowest BCUT2D eigenvalue weighted by Gasteiger charge is -2.05. The van der Waals surface area contributed by atoms with Crippen LogP contribution in [-0.4, -0.2) is 11.8 Å². The Morgan fingerprint density at radius 3 is 2.44 bits per heavy atom. The van der Waals surface area contributed by atoms with Crippen LogP contribution in [0.25, 0.3) is 6.08 Å². The zero-order valence-corrected chi connectivity index (χ0v) is 15.6. The normalized spacial score (nSPS) is 14.0. The van der Waals surface area contributed by atoms with Crippen LogP contribution < -0.4 is 9.47 Å². The second kappa shape index (κ2) is 7.21. The van der Waals surface area contributed by atoms with E-state index in [0.29, 0.717) is 22.6 Å². The summed E-state index contributed by atoms with van der Waals surface area (Å²) in [6, 6.07) is 21.1. The Kier molecular flexibility index (Phi) is 4.60. The quantitative estimate of drug-likeness (QED) is 0.328. The number of ether oxygens (including phenoxy) is 2. The van der Waals surface area contributed by atoms with Gasteiger partial charge in [-0.2, -0.15) is 0 Å². The Morgan fingerprint density at radius 1 is 0.963 bits per heavy atom. The highest BCUT2D eigenvalue weighted by Gasteiger charge is 2.28. The van der Waals surface area contributed by atoms with Crippen LogP contribution in [0.3, 0.4) is 0 Å². The number of fused-ring (bicyclic) bond motifs is 1. The molecule has 3 aromatic rings. The Hall–Kier alpha value is -3.18. The van der Waals surface area contributed by atoms with E-state index in [2.05, 4.69) is 15.9 Å². The molecule has 0 spiro atoms. The average molecular weight is 421 g/mol. The van der Waals surface area contributed by atoms with E-state index in [1.165, 1.54) is 0 Å². The summed E-state index contributed by atoms with van der Waals surface area (Å²) in [6.07, 6.45) is 1.69. The monoisotopic (exact) mass is 420 g/mol. The third-order valence-corrected chi connectivity index (χ3v) is 4.56. The third kappa shape index (κ3) is 3.68. The fourth-order valence-electron chi connectivity index (χ4n) is 2.68. The molecule has 0 aliphatic carbocycles. The molecule has 132 valence electrons. The molecule has 0 N–H and O–H groups in total. The molecule has 0 bridgehead atoms. The minimum atomic E-state index is -0.480. The van der Waals surface area contributed by atoms with Crippen molar-refractivity contribution >= 4 is 33.8 Å². The molecule has 1 aliphatic heterocycles. The number of allylic oxidation sites excluding steroid dienone is 1. The number of halogens is 1. The van der Waals surface area contributed by atoms with Gasteiger partial charge in [0.05, 0.1) is 11.1 Å². The van der Waals surface area contributed by atoms with Gasteiger partial charge in [-0.15, -0.1) is 0 Å². The van der Waals surface area contributed by atoms with Gasteiger partial charge in [0.1, 0.15) is 11.5 Å². The summed E-state index contributed by atoms with van der Waals surface area (Å²) in [7, 11) is 0. The molecule has 5 heteroatoms. The molecule has 1 aliphatic rings. The maximum atomic E-state index is 12.5. The van der Waals surface area contributed by atoms with Gasteiger partial charge in [-0.25, -0.2) is 4.79 Å². The van der Waals surface area contributed by atoms with Crippen LogP contribution >= 0.6 is 15.9 Å². The van der Waals surface area contributed by atoms with Crippen LogP contribution in [0, 0.1) is 0 Å². The Morgan fingerprint density at radius 2 is 1.70 bits per heavy atom. The van der Waals surface area contributed by atoms with Gasteiger partial charge in [-0.1, -0.05) is 46.3 Å². The number of hydrogen-bond acceptors (Lipinski definition) is 4. The van der Waals surface area contributed by atoms with E-state index in [1.807, 2.05) is 30.3 Å². The van der Waals surface area contributed by atoms with Crippen molar-refractivity contribution in [2.75, 3.05) is 0 Å². The number of Topliss-reactive ketones (excluding diaryl/α,β-unsaturated/α-hetero) is 1. The fraction of sp³-hybridized carbons (Fsp3) is 0. The van der Waals surface area contributed by atoms with Crippen molar-refractivity contribution in [1.82, 2.24) is 0 Å². The van der Waals surface area contributed by atoms with Gasteiger partial charge in [0.15, 0.2) is 5.76 Å². The lowest BCUT2D eigenvalue weighted by atomic mass is 10.1. The predicted octanol–water partition coefficient (Wildman–Crippen LogP) is 5.28. The standard InChI is InChI=1S/C22H13BrO4/c23-16-8-6-15(7-9-16)22(25)26-17-10-11-18-19(13-17)27-20(21(18)24)12-14-4-2-1-3-5-14/h1-13H. The second-order valence-electron chi connectivity index (χ2n) is 5.90. The van der Waals surface area contributed by atoms with Crippen LogP contribution in [0.1, 0.15) is 26.3 Å². The summed E-state index contributed by atoms with van der Waals surface area (Å²) in [4.78, 5) is 24.7. The van der Waals surface area contributed by atoms with Crippen molar-refractivity contribution in [2.24, 2.45) is 0 Å². The van der Waals surface area contributed by atoms with Gasteiger partial charge in [0, 0.05) is 10.5 Å². The van der Waals surface area contributed by atoms with Crippen molar-refractivity contribution in [3.63, 3.8) is 0 Å². The van der Waals surface area contributed by atoms with Crippen LogP contribution in [0.2, 0.25) is 0 Å². The van der Waals surface area contributed by atoms with Crippen molar-refractivity contribution in [1.29, 1.82) is 0 Å². The SMILES string of the molecule is O=C(Oc1ccc2c(c1)OC(=Cc1ccccc1)C2=O)c1ccc(Br)cc1. The van der Waals surface area contributed by atoms with E-state index in [1.54, 1.807) is 48.5 Å². The number of rotatable bonds is 3. The maximum absolute atomic E-state index is 12.5. The topological polar surface area (TPSA) is 52.6 Å². The van der Waals surface area contributed by atoms with Gasteiger partial charge in [-0.3, -0.25) is 4.79 Å². The van der Waals surface area contributed by atoms with Crippen LogP contribution in [0.4, 0.5) is 0 Å². The second-order valence-corrected chi connectivity index (χ2v) is 6.82. The number of hydrogen-bond donors (Lipinski definition) is 0. The smallest absolute Gasteiger partial charge is 0.343 e. The van der Waals surface area contributed by atoms with E-state index in [-0.39, 0.29) is 11.5 Å². The largest absolute Gasteiger partial charge is 0.452 e.